The lowest BCUT2D eigenvalue weighted by Gasteiger charge is -2.34. The van der Waals surface area contributed by atoms with E-state index in [1.165, 1.54) is 0 Å². The summed E-state index contributed by atoms with van der Waals surface area (Å²) in [4.78, 5) is 2.44. The van der Waals surface area contributed by atoms with Crippen LogP contribution in [-0.2, 0) is 15.8 Å². The smallest absolute Gasteiger partial charge is 0.215 e. The number of nitrogens with one attached hydrogen (secondary N) is 1. The van der Waals surface area contributed by atoms with Crippen LogP contribution in [0.4, 0.5) is 0 Å². The zero-order valence-corrected chi connectivity index (χ0v) is 14.8. The van der Waals surface area contributed by atoms with E-state index in [0.29, 0.717) is 23.5 Å². The van der Waals surface area contributed by atoms with E-state index in [1.807, 2.05) is 0 Å². The van der Waals surface area contributed by atoms with Gasteiger partial charge in [0, 0.05) is 17.6 Å². The van der Waals surface area contributed by atoms with Crippen LogP contribution in [-0.4, -0.2) is 39.0 Å². The first-order valence-electron chi connectivity index (χ1n) is 7.81. The number of rotatable bonds is 6. The van der Waals surface area contributed by atoms with Crippen molar-refractivity contribution >= 4 is 21.6 Å². The van der Waals surface area contributed by atoms with E-state index in [4.69, 9.17) is 11.6 Å². The third-order valence-electron chi connectivity index (χ3n) is 4.24. The number of piperidine rings is 1. The van der Waals surface area contributed by atoms with E-state index in [0.717, 1.165) is 31.5 Å². The van der Waals surface area contributed by atoms with Crippen molar-refractivity contribution < 1.29 is 8.42 Å². The van der Waals surface area contributed by atoms with Crippen LogP contribution >= 0.6 is 11.6 Å². The van der Waals surface area contributed by atoms with Gasteiger partial charge in [-0.3, -0.25) is 0 Å². The van der Waals surface area contributed by atoms with Gasteiger partial charge in [-0.15, -0.1) is 0 Å². The van der Waals surface area contributed by atoms with Crippen molar-refractivity contribution in [1.29, 1.82) is 0 Å². The predicted octanol–water partition coefficient (Wildman–Crippen LogP) is 2.88. The molecule has 0 amide bonds. The summed E-state index contributed by atoms with van der Waals surface area (Å²) in [5.74, 6) is 0.449. The Labute approximate surface area is 138 Å². The van der Waals surface area contributed by atoms with E-state index >= 15 is 0 Å². The van der Waals surface area contributed by atoms with E-state index < -0.39 is 10.0 Å². The Hall–Kier alpha value is -0.620. The summed E-state index contributed by atoms with van der Waals surface area (Å²) in [5, 5.41) is 0.617. The summed E-state index contributed by atoms with van der Waals surface area (Å²) in [6.45, 7) is 7.06. The van der Waals surface area contributed by atoms with Crippen LogP contribution in [0.5, 0.6) is 0 Å². The number of nitrogens with zero attached hydrogens (tertiary/aromatic N) is 1. The molecule has 22 heavy (non-hydrogen) atoms. The molecule has 0 atom stereocenters. The highest BCUT2D eigenvalue weighted by atomic mass is 35.5. The molecule has 0 aromatic heterocycles. The number of halogens is 1. The van der Waals surface area contributed by atoms with Gasteiger partial charge in [0.2, 0.25) is 10.0 Å². The highest BCUT2D eigenvalue weighted by Gasteiger charge is 2.22. The van der Waals surface area contributed by atoms with Crippen molar-refractivity contribution in [2.24, 2.45) is 5.92 Å². The number of sulfonamides is 1. The Bertz CT molecular complexity index is 564. The lowest BCUT2D eigenvalue weighted by atomic mass is 9.96. The summed E-state index contributed by atoms with van der Waals surface area (Å²) >= 11 is 5.81. The van der Waals surface area contributed by atoms with E-state index in [2.05, 4.69) is 23.5 Å². The molecule has 1 heterocycles. The third-order valence-corrected chi connectivity index (χ3v) is 5.81. The van der Waals surface area contributed by atoms with E-state index in [-0.39, 0.29) is 5.75 Å². The second-order valence-corrected chi connectivity index (χ2v) is 8.55. The summed E-state index contributed by atoms with van der Waals surface area (Å²) < 4.78 is 27.0. The van der Waals surface area contributed by atoms with Gasteiger partial charge in [0.15, 0.2) is 0 Å². The lowest BCUT2D eigenvalue weighted by Crippen LogP contribution is -2.41. The molecule has 1 aliphatic rings. The monoisotopic (exact) mass is 344 g/mol. The van der Waals surface area contributed by atoms with Crippen LogP contribution in [0.25, 0.3) is 0 Å². The van der Waals surface area contributed by atoms with Crippen LogP contribution in [0.3, 0.4) is 0 Å². The number of likely N-dealkylation sites (tertiary alicyclic amines) is 1. The van der Waals surface area contributed by atoms with Gasteiger partial charge in [0.25, 0.3) is 0 Å². The normalized spacial score (nSPS) is 18.0. The lowest BCUT2D eigenvalue weighted by molar-refractivity contribution is 0.150. The molecule has 1 aromatic rings. The van der Waals surface area contributed by atoms with Gasteiger partial charge in [-0.05, 0) is 63.4 Å². The molecule has 0 radical (unpaired) electrons. The molecule has 1 aliphatic heterocycles. The molecule has 1 N–H and O–H groups in total. The molecule has 1 aromatic carbocycles. The fourth-order valence-electron chi connectivity index (χ4n) is 2.77. The molecule has 2 rings (SSSR count). The Morgan fingerprint density at radius 2 is 1.82 bits per heavy atom. The van der Waals surface area contributed by atoms with Crippen molar-refractivity contribution in [1.82, 2.24) is 9.62 Å². The standard InChI is InChI=1S/C16H25ClN2O2S/c1-13(2)19-9-7-14(8-10-19)11-18-22(20,21)12-15-3-5-16(17)6-4-15/h3-6,13-14,18H,7-12H2,1-2H3. The molecular weight excluding hydrogens is 320 g/mol. The van der Waals surface area contributed by atoms with Crippen LogP contribution in [0, 0.1) is 5.92 Å². The highest BCUT2D eigenvalue weighted by molar-refractivity contribution is 7.88. The van der Waals surface area contributed by atoms with Gasteiger partial charge in [-0.1, -0.05) is 23.7 Å². The maximum absolute atomic E-state index is 12.1. The maximum atomic E-state index is 12.1. The van der Waals surface area contributed by atoms with Crippen molar-refractivity contribution in [3.8, 4) is 0 Å². The maximum Gasteiger partial charge on any atom is 0.215 e. The molecule has 0 unspecified atom stereocenters. The first-order chi connectivity index (χ1) is 10.4. The SMILES string of the molecule is CC(C)N1CCC(CNS(=O)(=O)Cc2ccc(Cl)cc2)CC1. The van der Waals surface area contributed by atoms with Gasteiger partial charge < -0.3 is 4.90 Å². The minimum atomic E-state index is -3.28. The van der Waals surface area contributed by atoms with Gasteiger partial charge >= 0.3 is 0 Å². The molecular formula is C16H25ClN2O2S. The topological polar surface area (TPSA) is 49.4 Å². The van der Waals surface area contributed by atoms with Crippen molar-refractivity contribution in [3.05, 3.63) is 34.9 Å². The Kier molecular flexibility index (Phi) is 6.26. The fraction of sp³-hybridized carbons (Fsp3) is 0.625. The Morgan fingerprint density at radius 1 is 1.23 bits per heavy atom. The highest BCUT2D eigenvalue weighted by Crippen LogP contribution is 2.18. The second-order valence-electron chi connectivity index (χ2n) is 6.31. The van der Waals surface area contributed by atoms with Crippen molar-refractivity contribution in [2.45, 2.75) is 38.5 Å². The molecule has 6 heteroatoms. The third kappa shape index (κ3) is 5.54. The van der Waals surface area contributed by atoms with Crippen LogP contribution < -0.4 is 4.72 Å². The van der Waals surface area contributed by atoms with Crippen molar-refractivity contribution in [2.75, 3.05) is 19.6 Å². The minimum absolute atomic E-state index is 0.00894. The minimum Gasteiger partial charge on any atom is -0.301 e. The molecule has 124 valence electrons. The number of hydrogen-bond donors (Lipinski definition) is 1. The Balaban J connectivity index is 1.79. The first-order valence-corrected chi connectivity index (χ1v) is 9.84. The molecule has 0 aliphatic carbocycles. The average molecular weight is 345 g/mol. The Morgan fingerprint density at radius 3 is 2.36 bits per heavy atom. The predicted molar refractivity (Wildman–Crippen MR) is 91.5 cm³/mol. The zero-order chi connectivity index (χ0) is 16.2. The van der Waals surface area contributed by atoms with E-state index in [1.54, 1.807) is 24.3 Å². The second kappa shape index (κ2) is 7.77. The molecule has 1 fully saturated rings. The molecule has 0 saturated carbocycles. The molecule has 4 nitrogen and oxygen atoms in total. The quantitative estimate of drug-likeness (QED) is 0.863. The van der Waals surface area contributed by atoms with Crippen molar-refractivity contribution in [3.63, 3.8) is 0 Å². The van der Waals surface area contributed by atoms with Gasteiger partial charge in [0.1, 0.15) is 0 Å². The number of hydrogen-bond acceptors (Lipinski definition) is 3. The average Bonchev–Trinajstić information content (AvgIpc) is 2.48. The summed E-state index contributed by atoms with van der Waals surface area (Å²) in [6, 6.07) is 7.51. The van der Waals surface area contributed by atoms with Crippen LogP contribution in [0.1, 0.15) is 32.3 Å². The van der Waals surface area contributed by atoms with Crippen LogP contribution in [0.15, 0.2) is 24.3 Å². The fourth-order valence-corrected chi connectivity index (χ4v) is 4.12. The molecule has 0 spiro atoms. The van der Waals surface area contributed by atoms with Crippen LogP contribution in [0.2, 0.25) is 5.02 Å². The summed E-state index contributed by atoms with van der Waals surface area (Å²) in [7, 11) is -3.28. The molecule has 1 saturated heterocycles. The largest absolute Gasteiger partial charge is 0.301 e. The van der Waals surface area contributed by atoms with Gasteiger partial charge in [0.05, 0.1) is 5.75 Å². The zero-order valence-electron chi connectivity index (χ0n) is 13.3. The van der Waals surface area contributed by atoms with Gasteiger partial charge in [-0.2, -0.15) is 0 Å². The summed E-state index contributed by atoms with van der Waals surface area (Å²) in [6.07, 6.45) is 2.11. The number of benzene rings is 1. The summed E-state index contributed by atoms with van der Waals surface area (Å²) in [5.41, 5.74) is 0.756. The molecule has 0 bridgehead atoms. The van der Waals surface area contributed by atoms with Gasteiger partial charge in [-0.25, -0.2) is 13.1 Å². The first kappa shape index (κ1) is 17.7. The van der Waals surface area contributed by atoms with E-state index in [9.17, 15) is 8.42 Å².